The average Bonchev–Trinajstić information content (AvgIpc) is 2.28. The Hall–Kier alpha value is -1.46. The van der Waals surface area contributed by atoms with Crippen LogP contribution in [0.2, 0.25) is 0 Å². The Kier molecular flexibility index (Phi) is 5.74. The van der Waals surface area contributed by atoms with E-state index < -0.39 is 11.8 Å². The number of aromatic carboxylic acids is 1. The standard InChI is InChI=1S/C13H18FNO3/c1-3-18-7-6-15(2)9-10-4-5-11(13(16)17)12(14)8-10/h4-5,8H,3,6-7,9H2,1-2H3,(H,16,17). The molecule has 0 unspecified atom stereocenters. The van der Waals surface area contributed by atoms with E-state index in [2.05, 4.69) is 0 Å². The number of carboxylic acid groups (broad SMARTS) is 1. The van der Waals surface area contributed by atoms with Crippen LogP contribution in [0.4, 0.5) is 4.39 Å². The molecule has 1 rings (SSSR count). The molecule has 1 N–H and O–H groups in total. The van der Waals surface area contributed by atoms with Crippen molar-refractivity contribution in [3.8, 4) is 0 Å². The Bertz CT molecular complexity index is 409. The van der Waals surface area contributed by atoms with Crippen LogP contribution >= 0.6 is 0 Å². The van der Waals surface area contributed by atoms with Crippen LogP contribution in [0.25, 0.3) is 0 Å². The van der Waals surface area contributed by atoms with Crippen molar-refractivity contribution in [3.63, 3.8) is 0 Å². The number of nitrogens with zero attached hydrogens (tertiary/aromatic N) is 1. The second-order valence-electron chi connectivity index (χ2n) is 4.05. The fraction of sp³-hybridized carbons (Fsp3) is 0.462. The molecule has 0 heterocycles. The fourth-order valence-corrected chi connectivity index (χ4v) is 1.59. The molecule has 1 aromatic rings. The molecule has 0 saturated carbocycles. The average molecular weight is 255 g/mol. The predicted octanol–water partition coefficient (Wildman–Crippen LogP) is 1.99. The van der Waals surface area contributed by atoms with Crippen molar-refractivity contribution in [1.82, 2.24) is 4.90 Å². The highest BCUT2D eigenvalue weighted by Crippen LogP contribution is 2.12. The fourth-order valence-electron chi connectivity index (χ4n) is 1.59. The van der Waals surface area contributed by atoms with E-state index in [-0.39, 0.29) is 5.56 Å². The molecule has 0 saturated heterocycles. The summed E-state index contributed by atoms with van der Waals surface area (Å²) in [5.41, 5.74) is 0.451. The first-order valence-corrected chi connectivity index (χ1v) is 5.82. The Morgan fingerprint density at radius 2 is 2.22 bits per heavy atom. The molecule has 0 aromatic heterocycles. The summed E-state index contributed by atoms with van der Waals surface area (Å²) in [5.74, 6) is -1.94. The van der Waals surface area contributed by atoms with Crippen molar-refractivity contribution in [2.45, 2.75) is 13.5 Å². The maximum Gasteiger partial charge on any atom is 0.338 e. The highest BCUT2D eigenvalue weighted by Gasteiger charge is 2.11. The molecular weight excluding hydrogens is 237 g/mol. The molecule has 0 aliphatic heterocycles. The van der Waals surface area contributed by atoms with Crippen molar-refractivity contribution < 1.29 is 19.0 Å². The van der Waals surface area contributed by atoms with Gasteiger partial charge in [-0.15, -0.1) is 0 Å². The quantitative estimate of drug-likeness (QED) is 0.757. The van der Waals surface area contributed by atoms with Crippen LogP contribution < -0.4 is 0 Å². The molecule has 100 valence electrons. The van der Waals surface area contributed by atoms with Crippen molar-refractivity contribution in [1.29, 1.82) is 0 Å². The second-order valence-corrected chi connectivity index (χ2v) is 4.05. The minimum Gasteiger partial charge on any atom is -0.478 e. The number of ether oxygens (including phenoxy) is 1. The Labute approximate surface area is 106 Å². The van der Waals surface area contributed by atoms with E-state index in [4.69, 9.17) is 9.84 Å². The van der Waals surface area contributed by atoms with Crippen LogP contribution in [-0.4, -0.2) is 42.8 Å². The zero-order chi connectivity index (χ0) is 13.5. The van der Waals surface area contributed by atoms with Gasteiger partial charge in [-0.25, -0.2) is 9.18 Å². The summed E-state index contributed by atoms with van der Waals surface area (Å²) < 4.78 is 18.7. The molecule has 0 atom stereocenters. The van der Waals surface area contributed by atoms with Gasteiger partial charge in [0.15, 0.2) is 0 Å². The topological polar surface area (TPSA) is 49.8 Å². The molecule has 0 aliphatic carbocycles. The normalized spacial score (nSPS) is 10.9. The van der Waals surface area contributed by atoms with Crippen molar-refractivity contribution >= 4 is 5.97 Å². The predicted molar refractivity (Wildman–Crippen MR) is 66.2 cm³/mol. The summed E-state index contributed by atoms with van der Waals surface area (Å²) in [6.07, 6.45) is 0. The molecule has 0 aliphatic rings. The van der Waals surface area contributed by atoms with Gasteiger partial charge in [0.05, 0.1) is 12.2 Å². The third kappa shape index (κ3) is 4.43. The van der Waals surface area contributed by atoms with Crippen LogP contribution in [0.5, 0.6) is 0 Å². The van der Waals surface area contributed by atoms with Crippen molar-refractivity contribution in [2.24, 2.45) is 0 Å². The molecule has 4 nitrogen and oxygen atoms in total. The summed E-state index contributed by atoms with van der Waals surface area (Å²) >= 11 is 0. The first-order valence-electron chi connectivity index (χ1n) is 5.82. The van der Waals surface area contributed by atoms with E-state index >= 15 is 0 Å². The molecule has 18 heavy (non-hydrogen) atoms. The van der Waals surface area contributed by atoms with Gasteiger partial charge in [-0.05, 0) is 31.7 Å². The van der Waals surface area contributed by atoms with Crippen LogP contribution in [0.15, 0.2) is 18.2 Å². The van der Waals surface area contributed by atoms with Gasteiger partial charge in [-0.1, -0.05) is 6.07 Å². The number of benzene rings is 1. The largest absolute Gasteiger partial charge is 0.478 e. The highest BCUT2D eigenvalue weighted by molar-refractivity contribution is 5.87. The van der Waals surface area contributed by atoms with E-state index in [9.17, 15) is 9.18 Å². The van der Waals surface area contributed by atoms with Crippen LogP contribution in [-0.2, 0) is 11.3 Å². The highest BCUT2D eigenvalue weighted by atomic mass is 19.1. The summed E-state index contributed by atoms with van der Waals surface area (Å²) in [4.78, 5) is 12.7. The maximum atomic E-state index is 13.4. The molecule has 0 radical (unpaired) electrons. The summed E-state index contributed by atoms with van der Waals surface area (Å²) in [6.45, 7) is 4.54. The van der Waals surface area contributed by atoms with E-state index in [1.807, 2.05) is 18.9 Å². The number of hydrogen-bond donors (Lipinski definition) is 1. The Morgan fingerprint density at radius 3 is 2.78 bits per heavy atom. The van der Waals surface area contributed by atoms with Gasteiger partial charge in [-0.3, -0.25) is 4.90 Å². The van der Waals surface area contributed by atoms with Crippen LogP contribution in [0.1, 0.15) is 22.8 Å². The molecule has 1 aromatic carbocycles. The lowest BCUT2D eigenvalue weighted by Crippen LogP contribution is -2.23. The summed E-state index contributed by atoms with van der Waals surface area (Å²) in [5, 5.41) is 8.71. The third-order valence-electron chi connectivity index (χ3n) is 2.54. The molecule has 0 spiro atoms. The first kappa shape index (κ1) is 14.6. The second kappa shape index (κ2) is 7.08. The van der Waals surface area contributed by atoms with Crippen LogP contribution in [0, 0.1) is 5.82 Å². The summed E-state index contributed by atoms with van der Waals surface area (Å²) in [7, 11) is 1.90. The smallest absolute Gasteiger partial charge is 0.338 e. The molecule has 0 fully saturated rings. The van der Waals surface area contributed by atoms with Crippen LogP contribution in [0.3, 0.4) is 0 Å². The van der Waals surface area contributed by atoms with Crippen molar-refractivity contribution in [3.05, 3.63) is 35.1 Å². The number of rotatable bonds is 7. The van der Waals surface area contributed by atoms with Crippen molar-refractivity contribution in [2.75, 3.05) is 26.8 Å². The lowest BCUT2D eigenvalue weighted by Gasteiger charge is -2.16. The number of halogens is 1. The zero-order valence-corrected chi connectivity index (χ0v) is 10.6. The van der Waals surface area contributed by atoms with Gasteiger partial charge in [-0.2, -0.15) is 0 Å². The van der Waals surface area contributed by atoms with E-state index in [1.54, 1.807) is 6.07 Å². The minimum atomic E-state index is -1.25. The van der Waals surface area contributed by atoms with Gasteiger partial charge >= 0.3 is 5.97 Å². The van der Waals surface area contributed by atoms with Gasteiger partial charge in [0.1, 0.15) is 5.82 Å². The Morgan fingerprint density at radius 1 is 1.50 bits per heavy atom. The SMILES string of the molecule is CCOCCN(C)Cc1ccc(C(=O)O)c(F)c1. The van der Waals surface area contributed by atoms with E-state index in [0.717, 1.165) is 12.1 Å². The van der Waals surface area contributed by atoms with Gasteiger partial charge in [0.2, 0.25) is 0 Å². The molecule has 0 bridgehead atoms. The lowest BCUT2D eigenvalue weighted by molar-refractivity contribution is 0.0692. The number of hydrogen-bond acceptors (Lipinski definition) is 3. The summed E-state index contributed by atoms with van der Waals surface area (Å²) in [6, 6.07) is 4.19. The van der Waals surface area contributed by atoms with Gasteiger partial charge in [0.25, 0.3) is 0 Å². The first-order chi connectivity index (χ1) is 8.54. The number of carboxylic acids is 1. The third-order valence-corrected chi connectivity index (χ3v) is 2.54. The zero-order valence-electron chi connectivity index (χ0n) is 10.6. The lowest BCUT2D eigenvalue weighted by atomic mass is 10.1. The Balaban J connectivity index is 2.57. The van der Waals surface area contributed by atoms with E-state index in [0.29, 0.717) is 19.8 Å². The minimum absolute atomic E-state index is 0.296. The maximum absolute atomic E-state index is 13.4. The number of likely N-dealkylation sites (N-methyl/N-ethyl adjacent to an activating group) is 1. The van der Waals surface area contributed by atoms with Gasteiger partial charge in [0, 0.05) is 19.7 Å². The molecule has 0 amide bonds. The van der Waals surface area contributed by atoms with Gasteiger partial charge < -0.3 is 9.84 Å². The number of carbonyl (C=O) groups is 1. The monoisotopic (exact) mass is 255 g/mol. The molecular formula is C13H18FNO3. The van der Waals surface area contributed by atoms with E-state index in [1.165, 1.54) is 12.1 Å². The molecule has 5 heteroatoms.